The number of anilines is 1. The van der Waals surface area contributed by atoms with Crippen LogP contribution in [0.5, 0.6) is 23.0 Å². The number of oxime groups is 1. The predicted octanol–water partition coefficient (Wildman–Crippen LogP) is 4.49. The Morgan fingerprint density at radius 1 is 1.02 bits per heavy atom. The number of rotatable bonds is 4. The van der Waals surface area contributed by atoms with Gasteiger partial charge in [-0.05, 0) is 26.3 Å². The summed E-state index contributed by atoms with van der Waals surface area (Å²) in [6.45, 7) is 10.6. The van der Waals surface area contributed by atoms with Crippen LogP contribution >= 0.6 is 0 Å². The van der Waals surface area contributed by atoms with Crippen molar-refractivity contribution in [1.82, 2.24) is 0 Å². The van der Waals surface area contributed by atoms with Gasteiger partial charge >= 0.3 is 11.8 Å². The van der Waals surface area contributed by atoms with Crippen molar-refractivity contribution in [3.8, 4) is 23.0 Å². The van der Waals surface area contributed by atoms with E-state index in [1.54, 1.807) is 26.8 Å². The van der Waals surface area contributed by atoms with Gasteiger partial charge in [0.05, 0.1) is 53.0 Å². The van der Waals surface area contributed by atoms with Crippen LogP contribution in [-0.4, -0.2) is 93.8 Å². The van der Waals surface area contributed by atoms with E-state index in [4.69, 9.17) is 23.8 Å². The molecule has 2 aromatic carbocycles. The Labute approximate surface area is 307 Å². The number of aromatic hydroxyl groups is 3. The zero-order chi connectivity index (χ0) is 39.5. The number of esters is 1. The number of hydrogen-bond donors (Lipinski definition) is 6. The molecule has 15 heteroatoms. The largest absolute Gasteiger partial charge is 0.507 e. The summed E-state index contributed by atoms with van der Waals surface area (Å²) < 4.78 is 23.3. The van der Waals surface area contributed by atoms with E-state index < -0.39 is 82.9 Å². The summed E-state index contributed by atoms with van der Waals surface area (Å²) in [4.78, 5) is 44.5. The Balaban J connectivity index is 1.94. The maximum absolute atomic E-state index is 14.2. The highest BCUT2D eigenvalue weighted by atomic mass is 16.7. The Bertz CT molecular complexity index is 1880. The lowest BCUT2D eigenvalue weighted by Crippen LogP contribution is -2.45. The average molecular weight is 741 g/mol. The van der Waals surface area contributed by atoms with Crippen molar-refractivity contribution in [1.29, 1.82) is 0 Å². The minimum atomic E-state index is -2.05. The van der Waals surface area contributed by atoms with Crippen molar-refractivity contribution < 1.29 is 63.7 Å². The number of allylic oxidation sites excluding steroid dienone is 2. The van der Waals surface area contributed by atoms with Gasteiger partial charge in [0.15, 0.2) is 5.75 Å². The van der Waals surface area contributed by atoms with Gasteiger partial charge in [-0.25, -0.2) is 0 Å². The van der Waals surface area contributed by atoms with E-state index in [-0.39, 0.29) is 50.9 Å². The third kappa shape index (κ3) is 7.82. The first-order chi connectivity index (χ1) is 24.9. The lowest BCUT2D eigenvalue weighted by atomic mass is 9.80. The van der Waals surface area contributed by atoms with Crippen molar-refractivity contribution in [2.45, 2.75) is 85.1 Å². The molecular weight excluding hydrogens is 692 g/mol. The number of ether oxygens (including phenoxy) is 4. The van der Waals surface area contributed by atoms with Crippen molar-refractivity contribution in [3.05, 3.63) is 52.8 Å². The molecular formula is C38H48N2O13. The summed E-state index contributed by atoms with van der Waals surface area (Å²) in [7, 11) is 2.66. The second kappa shape index (κ2) is 16.3. The van der Waals surface area contributed by atoms with Gasteiger partial charge in [0.2, 0.25) is 0 Å². The number of carbonyl (C=O) groups excluding carboxylic acids is 3. The van der Waals surface area contributed by atoms with Crippen LogP contribution in [0, 0.1) is 24.7 Å². The molecule has 0 unspecified atom stereocenters. The molecule has 53 heavy (non-hydrogen) atoms. The molecule has 5 rings (SSSR count). The second-order valence-electron chi connectivity index (χ2n) is 13.5. The van der Waals surface area contributed by atoms with E-state index in [0.29, 0.717) is 0 Å². The number of fused-ring (bicyclic) bond motifs is 14. The van der Waals surface area contributed by atoms with Gasteiger partial charge in [-0.15, -0.1) is 0 Å². The minimum absolute atomic E-state index is 0.0331. The van der Waals surface area contributed by atoms with Crippen molar-refractivity contribution in [3.63, 3.8) is 0 Å². The number of aliphatic hydroxyl groups excluding tert-OH is 2. The van der Waals surface area contributed by atoms with Crippen molar-refractivity contribution >= 4 is 40.3 Å². The monoisotopic (exact) mass is 740 g/mol. The Morgan fingerprint density at radius 3 is 2.32 bits per heavy atom. The fraction of sp³-hybridized carbons (Fsp3) is 0.474. The summed E-state index contributed by atoms with van der Waals surface area (Å²) in [5, 5.41) is 62.5. The van der Waals surface area contributed by atoms with Crippen molar-refractivity contribution in [2.75, 3.05) is 19.5 Å². The number of ketones is 1. The molecule has 5 bridgehead atoms. The quantitative estimate of drug-likeness (QED) is 0.0837. The van der Waals surface area contributed by atoms with Crippen LogP contribution in [0.1, 0.15) is 69.4 Å². The van der Waals surface area contributed by atoms with E-state index in [9.17, 15) is 39.9 Å². The van der Waals surface area contributed by atoms with Gasteiger partial charge in [0.1, 0.15) is 30.5 Å². The third-order valence-corrected chi connectivity index (χ3v) is 9.95. The molecule has 8 atom stereocenters. The first kappa shape index (κ1) is 40.6. The van der Waals surface area contributed by atoms with E-state index in [2.05, 4.69) is 10.5 Å². The zero-order valence-corrected chi connectivity index (χ0v) is 31.2. The summed E-state index contributed by atoms with van der Waals surface area (Å²) >= 11 is 0. The highest BCUT2D eigenvalue weighted by molar-refractivity contribution is 6.23. The molecule has 0 spiro atoms. The topological polar surface area (TPSA) is 223 Å². The van der Waals surface area contributed by atoms with E-state index in [1.165, 1.54) is 66.4 Å². The lowest BCUT2D eigenvalue weighted by Gasteiger charge is -2.37. The molecule has 6 N–H and O–H groups in total. The number of Topliss-reactive ketones (excluding diaryl/α,β-unsaturated/α-hetero) is 1. The van der Waals surface area contributed by atoms with E-state index in [1.807, 2.05) is 0 Å². The van der Waals surface area contributed by atoms with Crippen LogP contribution in [-0.2, 0) is 28.6 Å². The number of benzene rings is 2. The molecule has 288 valence electrons. The SMILES string of the molecule is CO/N=C/c1c2c(O)c3c(O)c(C)c4c(c3c1O)C(=O)[C@@](C)(O/C=C/[C@H](OC)[C@@H](C)[C@@H](OC(C)=O)[C@H](C)[C@H](O)[C@H](C)[C@@H](O)C/C=C/C=C(/C)C(=O)N2)O4. The smallest absolute Gasteiger partial charge is 0.312 e. The molecule has 1 amide bonds. The van der Waals surface area contributed by atoms with Crippen LogP contribution in [0.3, 0.4) is 0 Å². The van der Waals surface area contributed by atoms with E-state index >= 15 is 0 Å². The number of nitrogens with one attached hydrogen (secondary N) is 1. The Morgan fingerprint density at radius 2 is 1.70 bits per heavy atom. The van der Waals surface area contributed by atoms with Gasteiger partial charge in [-0.3, -0.25) is 14.4 Å². The second-order valence-corrected chi connectivity index (χ2v) is 13.5. The predicted molar refractivity (Wildman–Crippen MR) is 194 cm³/mol. The maximum Gasteiger partial charge on any atom is 0.312 e. The standard InChI is InChI=1S/C38H48N2O13/c1-17-12-10-11-13-24(42)18(2)30(43)20(4)34(52-22(6)41)19(3)25(49-8)14-15-51-38(7)36(47)28-26-27(31(44)21(5)35(28)53-38)33(46)29(40-37(17)48)23(32(26)45)16-39-50-9/h10-12,14-16,18-20,24-25,30,34,42-46H,13H2,1-9H3,(H,40,48)/b11-10+,15-14+,17-12-,39-16+/t18-,19-,20-,24+,25+,30-,34-,38+/m1/s1. The molecule has 0 saturated heterocycles. The molecule has 15 nitrogen and oxygen atoms in total. The normalized spacial score (nSPS) is 30.7. The van der Waals surface area contributed by atoms with Gasteiger partial charge < -0.3 is 54.6 Å². The Kier molecular flexibility index (Phi) is 12.5. The third-order valence-electron chi connectivity index (χ3n) is 9.95. The number of phenolic OH excluding ortho intramolecular Hbond substituents is 3. The van der Waals surface area contributed by atoms with Crippen molar-refractivity contribution in [2.24, 2.45) is 22.9 Å². The fourth-order valence-corrected chi connectivity index (χ4v) is 6.68. The number of phenols is 3. The number of nitrogens with zero attached hydrogens (tertiary/aromatic N) is 1. The Hall–Kier alpha value is -5.12. The first-order valence-electron chi connectivity index (χ1n) is 17.0. The van der Waals surface area contributed by atoms with Crippen LogP contribution < -0.4 is 10.1 Å². The summed E-state index contributed by atoms with van der Waals surface area (Å²) in [5.74, 6) is -8.07. The molecule has 0 saturated carbocycles. The van der Waals surface area contributed by atoms with Gasteiger partial charge in [-0.2, -0.15) is 0 Å². The van der Waals surface area contributed by atoms with Crippen LogP contribution in [0.2, 0.25) is 0 Å². The number of amides is 1. The first-order valence-corrected chi connectivity index (χ1v) is 17.0. The molecule has 3 aliphatic heterocycles. The highest BCUT2D eigenvalue weighted by Crippen LogP contribution is 2.55. The summed E-state index contributed by atoms with van der Waals surface area (Å²) in [6, 6.07) is 0. The molecule has 2 aromatic rings. The van der Waals surface area contributed by atoms with Crippen LogP contribution in [0.25, 0.3) is 10.8 Å². The number of methoxy groups -OCH3 is 1. The lowest BCUT2D eigenvalue weighted by molar-refractivity contribution is -0.160. The van der Waals surface area contributed by atoms with Gasteiger partial charge in [0.25, 0.3) is 11.7 Å². The van der Waals surface area contributed by atoms with Crippen LogP contribution in [0.4, 0.5) is 5.69 Å². The molecule has 3 aliphatic rings. The average Bonchev–Trinajstić information content (AvgIpc) is 3.38. The molecule has 3 heterocycles. The summed E-state index contributed by atoms with van der Waals surface area (Å²) in [6.07, 6.45) is 4.53. The van der Waals surface area contributed by atoms with Gasteiger partial charge in [-0.1, -0.05) is 44.2 Å². The minimum Gasteiger partial charge on any atom is -0.507 e. The van der Waals surface area contributed by atoms with E-state index in [0.717, 1.165) is 6.21 Å². The highest BCUT2D eigenvalue weighted by Gasteiger charge is 2.50. The van der Waals surface area contributed by atoms with Gasteiger partial charge in [0, 0.05) is 55.2 Å². The molecule has 0 aromatic heterocycles. The summed E-state index contributed by atoms with van der Waals surface area (Å²) in [5.41, 5.74) is -0.629. The van der Waals surface area contributed by atoms with Crippen LogP contribution in [0.15, 0.2) is 41.3 Å². The molecule has 0 aliphatic carbocycles. The maximum atomic E-state index is 14.2. The number of carbonyl (C=O) groups is 3. The number of aliphatic hydroxyl groups is 2. The molecule has 0 radical (unpaired) electrons. The zero-order valence-electron chi connectivity index (χ0n) is 31.2. The molecule has 0 fully saturated rings. The number of hydrogen-bond acceptors (Lipinski definition) is 14. The fourth-order valence-electron chi connectivity index (χ4n) is 6.68.